The van der Waals surface area contributed by atoms with Crippen LogP contribution in [0.2, 0.25) is 0 Å². The number of hydrogen-bond acceptors (Lipinski definition) is 6. The zero-order chi connectivity index (χ0) is 13.4. The molecule has 0 amide bonds. The van der Waals surface area contributed by atoms with Crippen molar-refractivity contribution in [1.82, 2.24) is 29.9 Å². The average molecular weight is 258 g/mol. The Morgan fingerprint density at radius 1 is 1.21 bits per heavy atom. The molecule has 0 radical (unpaired) electrons. The monoisotopic (exact) mass is 258 g/mol. The summed E-state index contributed by atoms with van der Waals surface area (Å²) in [6, 6.07) is 3.71. The van der Waals surface area contributed by atoms with Crippen LogP contribution < -0.4 is 0 Å². The summed E-state index contributed by atoms with van der Waals surface area (Å²) in [7, 11) is 0. The summed E-state index contributed by atoms with van der Waals surface area (Å²) in [5.41, 5.74) is 0.901. The van der Waals surface area contributed by atoms with Crippen molar-refractivity contribution in [2.75, 3.05) is 0 Å². The Kier molecular flexibility index (Phi) is 2.48. The lowest BCUT2D eigenvalue weighted by Gasteiger charge is -2.01. The van der Waals surface area contributed by atoms with Crippen LogP contribution in [-0.4, -0.2) is 35.7 Å². The van der Waals surface area contributed by atoms with Crippen LogP contribution in [0.1, 0.15) is 23.1 Å². The van der Waals surface area contributed by atoms with Gasteiger partial charge in [-0.15, -0.1) is 5.10 Å². The molecule has 8 nitrogen and oxygen atoms in total. The molecule has 0 atom stereocenters. The van der Waals surface area contributed by atoms with E-state index in [0.29, 0.717) is 23.0 Å². The van der Waals surface area contributed by atoms with E-state index < -0.39 is 0 Å². The maximum absolute atomic E-state index is 11.4. The summed E-state index contributed by atoms with van der Waals surface area (Å²) in [4.78, 5) is 11.4. The van der Waals surface area contributed by atoms with Crippen molar-refractivity contribution in [3.05, 3.63) is 35.9 Å². The summed E-state index contributed by atoms with van der Waals surface area (Å²) in [6.45, 7) is 3.18. The molecule has 0 aliphatic heterocycles. The average Bonchev–Trinajstić information content (AvgIpc) is 3.06. The fraction of sp³-hybridized carbons (Fsp3) is 0.182. The van der Waals surface area contributed by atoms with E-state index in [9.17, 15) is 4.79 Å². The minimum atomic E-state index is -0.150. The van der Waals surface area contributed by atoms with Gasteiger partial charge in [-0.25, -0.2) is 4.63 Å². The zero-order valence-electron chi connectivity index (χ0n) is 10.3. The lowest BCUT2D eigenvalue weighted by Crippen LogP contribution is -2.05. The van der Waals surface area contributed by atoms with Gasteiger partial charge in [-0.3, -0.25) is 4.79 Å². The fourth-order valence-corrected chi connectivity index (χ4v) is 1.81. The lowest BCUT2D eigenvalue weighted by atomic mass is 10.2. The van der Waals surface area contributed by atoms with E-state index in [1.165, 1.54) is 11.6 Å². The summed E-state index contributed by atoms with van der Waals surface area (Å²) < 4.78 is 7.92. The molecule has 0 fully saturated rings. The molecule has 19 heavy (non-hydrogen) atoms. The molecular weight excluding hydrogens is 248 g/mol. The summed E-state index contributed by atoms with van der Waals surface area (Å²) in [6.07, 6.45) is 3.61. The highest BCUT2D eigenvalue weighted by atomic mass is 16.6. The van der Waals surface area contributed by atoms with Crippen molar-refractivity contribution in [2.45, 2.75) is 13.8 Å². The predicted molar refractivity (Wildman–Crippen MR) is 63.3 cm³/mol. The number of rotatable bonds is 3. The van der Waals surface area contributed by atoms with Gasteiger partial charge in [-0.05, 0) is 29.4 Å². The SMILES string of the molecule is CC(=O)c1nnn(-c2nonc2-n2cccc2)c1C. The largest absolute Gasteiger partial charge is 0.303 e. The molecule has 3 heterocycles. The highest BCUT2D eigenvalue weighted by Gasteiger charge is 2.20. The molecule has 0 bridgehead atoms. The quantitative estimate of drug-likeness (QED) is 0.649. The fourth-order valence-electron chi connectivity index (χ4n) is 1.81. The smallest absolute Gasteiger partial charge is 0.244 e. The van der Waals surface area contributed by atoms with Gasteiger partial charge in [0.05, 0.1) is 5.69 Å². The van der Waals surface area contributed by atoms with Crippen molar-refractivity contribution < 1.29 is 9.42 Å². The van der Waals surface area contributed by atoms with Crippen LogP contribution in [0.5, 0.6) is 0 Å². The van der Waals surface area contributed by atoms with Gasteiger partial charge >= 0.3 is 0 Å². The third-order valence-electron chi connectivity index (χ3n) is 2.73. The second-order valence-corrected chi connectivity index (χ2v) is 3.99. The Bertz CT molecular complexity index is 724. The molecule has 3 aromatic heterocycles. The molecule has 0 aliphatic rings. The van der Waals surface area contributed by atoms with Crippen molar-refractivity contribution >= 4 is 5.78 Å². The topological polar surface area (TPSA) is 91.6 Å². The third-order valence-corrected chi connectivity index (χ3v) is 2.73. The molecular formula is C11H10N6O2. The standard InChI is InChI=1S/C11H10N6O2/c1-7-9(8(2)18)12-15-17(7)11-10(13-19-14-11)16-5-3-4-6-16/h3-6H,1-2H3. The highest BCUT2D eigenvalue weighted by molar-refractivity contribution is 5.93. The maximum Gasteiger partial charge on any atom is 0.244 e. The second kappa shape index (κ2) is 4.16. The first-order valence-corrected chi connectivity index (χ1v) is 5.58. The van der Waals surface area contributed by atoms with Crippen LogP contribution in [0.15, 0.2) is 29.2 Å². The van der Waals surface area contributed by atoms with E-state index in [1.54, 1.807) is 23.9 Å². The van der Waals surface area contributed by atoms with Crippen molar-refractivity contribution in [1.29, 1.82) is 0 Å². The van der Waals surface area contributed by atoms with E-state index in [1.807, 2.05) is 12.1 Å². The zero-order valence-corrected chi connectivity index (χ0v) is 10.3. The molecule has 0 aliphatic carbocycles. The van der Waals surface area contributed by atoms with Crippen LogP contribution in [0.3, 0.4) is 0 Å². The van der Waals surface area contributed by atoms with E-state index in [0.717, 1.165) is 0 Å². The third kappa shape index (κ3) is 1.73. The van der Waals surface area contributed by atoms with Gasteiger partial charge < -0.3 is 4.57 Å². The number of carbonyl (C=O) groups is 1. The van der Waals surface area contributed by atoms with E-state index >= 15 is 0 Å². The van der Waals surface area contributed by atoms with Crippen molar-refractivity contribution in [3.63, 3.8) is 0 Å². The first-order valence-electron chi connectivity index (χ1n) is 5.58. The van der Waals surface area contributed by atoms with Crippen molar-refractivity contribution in [2.24, 2.45) is 0 Å². The van der Waals surface area contributed by atoms with Gasteiger partial charge in [-0.2, -0.15) is 4.68 Å². The van der Waals surface area contributed by atoms with Gasteiger partial charge in [0, 0.05) is 19.3 Å². The number of nitrogens with zero attached hydrogens (tertiary/aromatic N) is 6. The Labute approximate surface area is 107 Å². The van der Waals surface area contributed by atoms with Crippen LogP contribution >= 0.6 is 0 Å². The summed E-state index contributed by atoms with van der Waals surface area (Å²) in [5.74, 6) is 0.713. The molecule has 3 rings (SSSR count). The van der Waals surface area contributed by atoms with Gasteiger partial charge in [0.2, 0.25) is 11.6 Å². The molecule has 0 aromatic carbocycles. The molecule has 0 saturated heterocycles. The number of aromatic nitrogens is 6. The molecule has 3 aromatic rings. The van der Waals surface area contributed by atoms with Crippen LogP contribution in [0.4, 0.5) is 0 Å². The molecule has 96 valence electrons. The summed E-state index contributed by atoms with van der Waals surface area (Å²) in [5, 5.41) is 15.4. The predicted octanol–water partition coefficient (Wildman–Crippen LogP) is 0.952. The number of carbonyl (C=O) groups excluding carboxylic acids is 1. The van der Waals surface area contributed by atoms with Gasteiger partial charge in [0.25, 0.3) is 0 Å². The first kappa shape index (κ1) is 11.3. The highest BCUT2D eigenvalue weighted by Crippen LogP contribution is 2.17. The Balaban J connectivity index is 2.14. The Morgan fingerprint density at radius 2 is 1.89 bits per heavy atom. The Morgan fingerprint density at radius 3 is 2.53 bits per heavy atom. The normalized spacial score (nSPS) is 10.8. The van der Waals surface area contributed by atoms with Crippen LogP contribution in [0, 0.1) is 6.92 Å². The second-order valence-electron chi connectivity index (χ2n) is 3.99. The molecule has 0 saturated carbocycles. The van der Waals surface area contributed by atoms with Gasteiger partial charge in [-0.1, -0.05) is 5.21 Å². The summed E-state index contributed by atoms with van der Waals surface area (Å²) >= 11 is 0. The molecule has 0 N–H and O–H groups in total. The van der Waals surface area contributed by atoms with E-state index in [2.05, 4.69) is 20.6 Å². The van der Waals surface area contributed by atoms with E-state index in [-0.39, 0.29) is 5.78 Å². The lowest BCUT2D eigenvalue weighted by molar-refractivity contribution is 0.101. The minimum Gasteiger partial charge on any atom is -0.303 e. The number of ketones is 1. The van der Waals surface area contributed by atoms with Crippen LogP contribution in [-0.2, 0) is 0 Å². The first-order chi connectivity index (χ1) is 9.18. The number of Topliss-reactive ketones (excluding diaryl/α,β-unsaturated/α-hetero) is 1. The van der Waals surface area contributed by atoms with Crippen LogP contribution in [0.25, 0.3) is 11.6 Å². The van der Waals surface area contributed by atoms with Gasteiger partial charge in [0.15, 0.2) is 11.5 Å². The maximum atomic E-state index is 11.4. The number of hydrogen-bond donors (Lipinski definition) is 0. The molecule has 0 unspecified atom stereocenters. The van der Waals surface area contributed by atoms with Gasteiger partial charge in [0.1, 0.15) is 0 Å². The van der Waals surface area contributed by atoms with E-state index in [4.69, 9.17) is 4.63 Å². The molecule has 8 heteroatoms. The Hall–Kier alpha value is -2.77. The minimum absolute atomic E-state index is 0.150. The van der Waals surface area contributed by atoms with Crippen molar-refractivity contribution in [3.8, 4) is 11.6 Å². The molecule has 0 spiro atoms.